The third kappa shape index (κ3) is 2.41. The number of aryl methyl sites for hydroxylation is 1. The zero-order valence-corrected chi connectivity index (χ0v) is 9.69. The van der Waals surface area contributed by atoms with Gasteiger partial charge < -0.3 is 9.84 Å². The van der Waals surface area contributed by atoms with E-state index in [2.05, 4.69) is 15.4 Å². The van der Waals surface area contributed by atoms with Crippen molar-refractivity contribution < 1.29 is 9.32 Å². The lowest BCUT2D eigenvalue weighted by atomic mass is 10.3. The van der Waals surface area contributed by atoms with Gasteiger partial charge in [-0.2, -0.15) is 0 Å². The fourth-order valence-corrected chi connectivity index (χ4v) is 1.95. The Hall–Kier alpha value is -1.36. The first-order valence-electron chi connectivity index (χ1n) is 5.65. The van der Waals surface area contributed by atoms with Gasteiger partial charge in [-0.25, -0.2) is 0 Å². The lowest BCUT2D eigenvalue weighted by Gasteiger charge is -2.21. The Morgan fingerprint density at radius 2 is 2.25 bits per heavy atom. The second-order valence-corrected chi connectivity index (χ2v) is 4.23. The summed E-state index contributed by atoms with van der Waals surface area (Å²) >= 11 is 0. The molecule has 5 nitrogen and oxygen atoms in total. The molecule has 0 unspecified atom stereocenters. The molecule has 1 aromatic rings. The first-order chi connectivity index (χ1) is 7.66. The first kappa shape index (κ1) is 11.1. The summed E-state index contributed by atoms with van der Waals surface area (Å²) in [6.07, 6.45) is 2.36. The number of nitrogens with zero attached hydrogens (tertiary/aromatic N) is 2. The maximum absolute atomic E-state index is 11.9. The quantitative estimate of drug-likeness (QED) is 0.841. The summed E-state index contributed by atoms with van der Waals surface area (Å²) < 4.78 is 4.89. The van der Waals surface area contributed by atoms with Crippen molar-refractivity contribution >= 4 is 11.7 Å². The summed E-state index contributed by atoms with van der Waals surface area (Å²) in [5, 5.41) is 6.49. The fraction of sp³-hybridized carbons (Fsp3) is 0.636. The maximum atomic E-state index is 11.9. The number of hydrogen-bond acceptors (Lipinski definition) is 4. The van der Waals surface area contributed by atoms with Crippen molar-refractivity contribution in [2.24, 2.45) is 0 Å². The van der Waals surface area contributed by atoms with E-state index in [0.29, 0.717) is 11.6 Å². The summed E-state index contributed by atoms with van der Waals surface area (Å²) in [7, 11) is 0. The van der Waals surface area contributed by atoms with Crippen molar-refractivity contribution in [1.29, 1.82) is 0 Å². The van der Waals surface area contributed by atoms with E-state index in [0.717, 1.165) is 13.1 Å². The van der Waals surface area contributed by atoms with Crippen molar-refractivity contribution in [2.75, 3.05) is 18.4 Å². The van der Waals surface area contributed by atoms with Crippen molar-refractivity contribution in [3.05, 3.63) is 11.8 Å². The number of aromatic nitrogens is 1. The molecule has 2 heterocycles. The lowest BCUT2D eigenvalue weighted by molar-refractivity contribution is -0.120. The van der Waals surface area contributed by atoms with Crippen LogP contribution >= 0.6 is 0 Å². The minimum atomic E-state index is -0.0977. The highest BCUT2D eigenvalue weighted by molar-refractivity contribution is 5.93. The van der Waals surface area contributed by atoms with Crippen LogP contribution in [0.3, 0.4) is 0 Å². The molecule has 88 valence electrons. The summed E-state index contributed by atoms with van der Waals surface area (Å²) in [5.74, 6) is 1.17. The Bertz CT molecular complexity index is 369. The summed E-state index contributed by atoms with van der Waals surface area (Å²) in [5.41, 5.74) is 0. The predicted molar refractivity (Wildman–Crippen MR) is 60.1 cm³/mol. The molecule has 1 N–H and O–H groups in total. The van der Waals surface area contributed by atoms with E-state index in [-0.39, 0.29) is 11.9 Å². The van der Waals surface area contributed by atoms with E-state index >= 15 is 0 Å². The topological polar surface area (TPSA) is 58.4 Å². The first-order valence-corrected chi connectivity index (χ1v) is 5.65. The van der Waals surface area contributed by atoms with Gasteiger partial charge in [0.15, 0.2) is 5.82 Å². The zero-order valence-electron chi connectivity index (χ0n) is 9.69. The molecule has 0 aromatic carbocycles. The van der Waals surface area contributed by atoms with Crippen LogP contribution in [-0.2, 0) is 4.79 Å². The number of rotatable bonds is 3. The van der Waals surface area contributed by atoms with Crippen LogP contribution < -0.4 is 5.32 Å². The Balaban J connectivity index is 1.92. The molecule has 1 amide bonds. The van der Waals surface area contributed by atoms with E-state index in [1.165, 1.54) is 12.8 Å². The van der Waals surface area contributed by atoms with Crippen LogP contribution in [-0.4, -0.2) is 35.1 Å². The molecule has 1 saturated heterocycles. The number of amides is 1. The molecular weight excluding hydrogens is 206 g/mol. The third-order valence-corrected chi connectivity index (χ3v) is 2.95. The molecule has 0 bridgehead atoms. The van der Waals surface area contributed by atoms with Gasteiger partial charge in [-0.1, -0.05) is 5.16 Å². The number of likely N-dealkylation sites (tertiary alicyclic amines) is 1. The smallest absolute Gasteiger partial charge is 0.242 e. The minimum Gasteiger partial charge on any atom is -0.360 e. The van der Waals surface area contributed by atoms with Crippen molar-refractivity contribution in [2.45, 2.75) is 32.7 Å². The average Bonchev–Trinajstić information content (AvgIpc) is 2.88. The molecule has 1 atom stereocenters. The van der Waals surface area contributed by atoms with Crippen LogP contribution in [0.2, 0.25) is 0 Å². The molecule has 0 aliphatic carbocycles. The molecule has 1 aliphatic rings. The Labute approximate surface area is 94.8 Å². The highest BCUT2D eigenvalue weighted by Crippen LogP contribution is 2.13. The summed E-state index contributed by atoms with van der Waals surface area (Å²) in [4.78, 5) is 14.1. The molecule has 16 heavy (non-hydrogen) atoms. The van der Waals surface area contributed by atoms with Crippen LogP contribution in [0.1, 0.15) is 25.5 Å². The highest BCUT2D eigenvalue weighted by Gasteiger charge is 2.24. The van der Waals surface area contributed by atoms with Crippen molar-refractivity contribution in [3.8, 4) is 0 Å². The Morgan fingerprint density at radius 3 is 2.81 bits per heavy atom. The summed E-state index contributed by atoms with van der Waals surface area (Å²) in [6, 6.07) is 1.62. The van der Waals surface area contributed by atoms with Crippen molar-refractivity contribution in [1.82, 2.24) is 10.1 Å². The van der Waals surface area contributed by atoms with Gasteiger partial charge in [0.2, 0.25) is 5.91 Å². The molecule has 5 heteroatoms. The van der Waals surface area contributed by atoms with Gasteiger partial charge in [-0.05, 0) is 39.8 Å². The molecule has 0 spiro atoms. The van der Waals surface area contributed by atoms with E-state index in [9.17, 15) is 4.79 Å². The van der Waals surface area contributed by atoms with Crippen LogP contribution in [0, 0.1) is 6.92 Å². The van der Waals surface area contributed by atoms with Crippen LogP contribution in [0.4, 0.5) is 5.82 Å². The average molecular weight is 223 g/mol. The third-order valence-electron chi connectivity index (χ3n) is 2.95. The van der Waals surface area contributed by atoms with E-state index in [4.69, 9.17) is 4.52 Å². The predicted octanol–water partition coefficient (Wildman–Crippen LogP) is 1.41. The largest absolute Gasteiger partial charge is 0.360 e. The SMILES string of the molecule is Cc1cc(NC(=O)[C@@H](C)N2CCCC2)no1. The van der Waals surface area contributed by atoms with E-state index in [1.54, 1.807) is 13.0 Å². The van der Waals surface area contributed by atoms with Gasteiger partial charge >= 0.3 is 0 Å². The van der Waals surface area contributed by atoms with Gasteiger partial charge in [-0.3, -0.25) is 9.69 Å². The normalized spacial score (nSPS) is 18.6. The van der Waals surface area contributed by atoms with Gasteiger partial charge in [0.25, 0.3) is 0 Å². The molecule has 0 radical (unpaired) electrons. The van der Waals surface area contributed by atoms with Crippen LogP contribution in [0.5, 0.6) is 0 Å². The van der Waals surface area contributed by atoms with E-state index < -0.39 is 0 Å². The molecular formula is C11H17N3O2. The number of hydrogen-bond donors (Lipinski definition) is 1. The molecule has 0 saturated carbocycles. The maximum Gasteiger partial charge on any atom is 0.242 e. The van der Waals surface area contributed by atoms with E-state index in [1.807, 2.05) is 6.92 Å². The zero-order chi connectivity index (χ0) is 11.5. The highest BCUT2D eigenvalue weighted by atomic mass is 16.5. The van der Waals surface area contributed by atoms with Crippen molar-refractivity contribution in [3.63, 3.8) is 0 Å². The van der Waals surface area contributed by atoms with Crippen LogP contribution in [0.25, 0.3) is 0 Å². The van der Waals surface area contributed by atoms with Gasteiger partial charge in [-0.15, -0.1) is 0 Å². The molecule has 2 rings (SSSR count). The van der Waals surface area contributed by atoms with Gasteiger partial charge in [0.1, 0.15) is 5.76 Å². The monoisotopic (exact) mass is 223 g/mol. The second kappa shape index (κ2) is 4.65. The Morgan fingerprint density at radius 1 is 1.56 bits per heavy atom. The van der Waals surface area contributed by atoms with Gasteiger partial charge in [0, 0.05) is 6.07 Å². The fourth-order valence-electron chi connectivity index (χ4n) is 1.95. The number of nitrogens with one attached hydrogen (secondary N) is 1. The molecule has 1 aliphatic heterocycles. The number of carbonyl (C=O) groups is 1. The molecule has 1 aromatic heterocycles. The Kier molecular flexibility index (Phi) is 3.24. The second-order valence-electron chi connectivity index (χ2n) is 4.23. The minimum absolute atomic E-state index is 0.0183. The van der Waals surface area contributed by atoms with Crippen LogP contribution in [0.15, 0.2) is 10.6 Å². The number of anilines is 1. The lowest BCUT2D eigenvalue weighted by Crippen LogP contribution is -2.40. The summed E-state index contributed by atoms with van der Waals surface area (Å²) in [6.45, 7) is 5.74. The van der Waals surface area contributed by atoms with Gasteiger partial charge in [0.05, 0.1) is 6.04 Å². The molecule has 1 fully saturated rings. The number of carbonyl (C=O) groups excluding carboxylic acids is 1. The standard InChI is InChI=1S/C11H17N3O2/c1-8-7-10(13-16-8)12-11(15)9(2)14-5-3-4-6-14/h7,9H,3-6H2,1-2H3,(H,12,13,15)/t9-/m1/s1.